The van der Waals surface area contributed by atoms with Gasteiger partial charge in [0.25, 0.3) is 5.91 Å². The van der Waals surface area contributed by atoms with E-state index in [1.807, 2.05) is 13.8 Å². The zero-order valence-corrected chi connectivity index (χ0v) is 14.9. The average molecular weight is 357 g/mol. The van der Waals surface area contributed by atoms with Gasteiger partial charge in [0.1, 0.15) is 22.8 Å². The first kappa shape index (κ1) is 17.5. The fraction of sp³-hybridized carbons (Fsp3) is 0.294. The predicted octanol–water partition coefficient (Wildman–Crippen LogP) is 1.35. The van der Waals surface area contributed by atoms with Gasteiger partial charge in [-0.15, -0.1) is 0 Å². The molecule has 3 N–H and O–H groups in total. The molecule has 0 aliphatic carbocycles. The summed E-state index contributed by atoms with van der Waals surface area (Å²) < 4.78 is 11.9. The molecule has 26 heavy (non-hydrogen) atoms. The van der Waals surface area contributed by atoms with Gasteiger partial charge < -0.3 is 20.2 Å². The Balaban J connectivity index is 2.39. The summed E-state index contributed by atoms with van der Waals surface area (Å²) in [6.07, 6.45) is 0. The molecule has 136 valence electrons. The standard InChI is InChI=1S/C17H19N5O4/c1-8(2)15-19-12(14(18)23)13-16(21-15)22(17(24)20-13)10-6-5-9(25-3)7-11(10)26-4/h5-8H,1-4H3,(H2,18,23)(H,20,24). The number of rotatable bonds is 5. The fourth-order valence-electron chi connectivity index (χ4n) is 2.63. The molecule has 0 radical (unpaired) electrons. The number of imidazole rings is 1. The lowest BCUT2D eigenvalue weighted by Crippen LogP contribution is -2.17. The summed E-state index contributed by atoms with van der Waals surface area (Å²) in [4.78, 5) is 35.7. The number of benzene rings is 1. The zero-order chi connectivity index (χ0) is 19.0. The third kappa shape index (κ3) is 2.77. The molecule has 0 saturated heterocycles. The lowest BCUT2D eigenvalue weighted by atomic mass is 10.2. The molecule has 0 aliphatic heterocycles. The summed E-state index contributed by atoms with van der Waals surface area (Å²) in [6.45, 7) is 3.77. The second kappa shape index (κ2) is 6.51. The first-order chi connectivity index (χ1) is 12.4. The van der Waals surface area contributed by atoms with Gasteiger partial charge in [0.05, 0.1) is 19.9 Å². The molecule has 0 bridgehead atoms. The van der Waals surface area contributed by atoms with Gasteiger partial charge in [0, 0.05) is 12.0 Å². The van der Waals surface area contributed by atoms with Crippen LogP contribution in [0.2, 0.25) is 0 Å². The molecule has 9 heteroatoms. The van der Waals surface area contributed by atoms with Crippen LogP contribution in [-0.2, 0) is 0 Å². The number of nitrogens with two attached hydrogens (primary N) is 1. The van der Waals surface area contributed by atoms with Crippen molar-refractivity contribution >= 4 is 17.1 Å². The van der Waals surface area contributed by atoms with Crippen molar-refractivity contribution in [2.24, 2.45) is 5.73 Å². The molecule has 3 rings (SSSR count). The van der Waals surface area contributed by atoms with Gasteiger partial charge in [-0.3, -0.25) is 4.79 Å². The number of amides is 1. The van der Waals surface area contributed by atoms with Crippen LogP contribution in [0.15, 0.2) is 23.0 Å². The van der Waals surface area contributed by atoms with E-state index < -0.39 is 11.6 Å². The third-order valence-corrected chi connectivity index (χ3v) is 3.93. The van der Waals surface area contributed by atoms with E-state index in [4.69, 9.17) is 15.2 Å². The molecule has 1 aromatic carbocycles. The SMILES string of the molecule is COc1ccc(-n2c(=O)[nH]c3c(C(N)=O)nc(C(C)C)nc32)c(OC)c1. The summed E-state index contributed by atoms with van der Waals surface area (Å²) in [7, 11) is 3.02. The third-order valence-electron chi connectivity index (χ3n) is 3.93. The van der Waals surface area contributed by atoms with Crippen LogP contribution in [0.25, 0.3) is 16.9 Å². The number of hydrogen-bond acceptors (Lipinski definition) is 6. The van der Waals surface area contributed by atoms with Crippen molar-refractivity contribution in [1.82, 2.24) is 19.5 Å². The largest absolute Gasteiger partial charge is 0.497 e. The van der Waals surface area contributed by atoms with Crippen LogP contribution in [0.5, 0.6) is 11.5 Å². The van der Waals surface area contributed by atoms with Crippen molar-refractivity contribution in [1.29, 1.82) is 0 Å². The minimum atomic E-state index is -0.741. The van der Waals surface area contributed by atoms with Crippen LogP contribution in [0.4, 0.5) is 0 Å². The Morgan fingerprint density at radius 1 is 1.23 bits per heavy atom. The maximum Gasteiger partial charge on any atom is 0.332 e. The second-order valence-corrected chi connectivity index (χ2v) is 5.95. The Labute approximate surface area is 148 Å². The van der Waals surface area contributed by atoms with E-state index >= 15 is 0 Å². The smallest absolute Gasteiger partial charge is 0.332 e. The van der Waals surface area contributed by atoms with Crippen molar-refractivity contribution in [3.63, 3.8) is 0 Å². The van der Waals surface area contributed by atoms with Crippen LogP contribution in [0.1, 0.15) is 36.1 Å². The van der Waals surface area contributed by atoms with Gasteiger partial charge in [-0.05, 0) is 12.1 Å². The number of hydrogen-bond donors (Lipinski definition) is 2. The molecule has 0 spiro atoms. The summed E-state index contributed by atoms with van der Waals surface area (Å²) in [5.41, 5.74) is 5.82. The Hall–Kier alpha value is -3.36. The number of H-pyrrole nitrogens is 1. The van der Waals surface area contributed by atoms with E-state index in [-0.39, 0.29) is 22.8 Å². The van der Waals surface area contributed by atoms with Crippen LogP contribution in [0, 0.1) is 0 Å². The average Bonchev–Trinajstić information content (AvgIpc) is 2.95. The summed E-state index contributed by atoms with van der Waals surface area (Å²) in [5.74, 6) is 0.598. The molecular formula is C17H19N5O4. The highest BCUT2D eigenvalue weighted by atomic mass is 16.5. The summed E-state index contributed by atoms with van der Waals surface area (Å²) in [5, 5.41) is 0. The molecule has 0 aliphatic rings. The molecular weight excluding hydrogens is 338 g/mol. The van der Waals surface area contributed by atoms with E-state index in [2.05, 4.69) is 15.0 Å². The number of aromatic nitrogens is 4. The second-order valence-electron chi connectivity index (χ2n) is 5.95. The van der Waals surface area contributed by atoms with Gasteiger partial charge in [0.15, 0.2) is 11.3 Å². The Kier molecular flexibility index (Phi) is 4.37. The molecule has 9 nitrogen and oxygen atoms in total. The van der Waals surface area contributed by atoms with E-state index in [0.717, 1.165) is 0 Å². The minimum Gasteiger partial charge on any atom is -0.497 e. The Bertz CT molecular complexity index is 1050. The lowest BCUT2D eigenvalue weighted by Gasteiger charge is -2.12. The Morgan fingerprint density at radius 3 is 2.54 bits per heavy atom. The minimum absolute atomic E-state index is 0.0259. The van der Waals surface area contributed by atoms with Crippen molar-refractivity contribution < 1.29 is 14.3 Å². The van der Waals surface area contributed by atoms with Crippen LogP contribution in [-0.4, -0.2) is 39.6 Å². The van der Waals surface area contributed by atoms with Gasteiger partial charge >= 0.3 is 5.69 Å². The Morgan fingerprint density at radius 2 is 1.96 bits per heavy atom. The topological polar surface area (TPSA) is 125 Å². The quantitative estimate of drug-likeness (QED) is 0.710. The van der Waals surface area contributed by atoms with E-state index in [1.54, 1.807) is 18.2 Å². The normalized spacial score (nSPS) is 11.1. The number of aromatic amines is 1. The molecule has 0 saturated carbocycles. The number of nitrogens with zero attached hydrogens (tertiary/aromatic N) is 3. The molecule has 0 fully saturated rings. The zero-order valence-electron chi connectivity index (χ0n) is 14.9. The molecule has 3 aromatic rings. The first-order valence-electron chi connectivity index (χ1n) is 7.92. The number of primary amides is 1. The van der Waals surface area contributed by atoms with E-state index in [1.165, 1.54) is 18.8 Å². The molecule has 0 unspecified atom stereocenters. The van der Waals surface area contributed by atoms with Crippen molar-refractivity contribution in [3.05, 3.63) is 40.2 Å². The van der Waals surface area contributed by atoms with Gasteiger partial charge in [-0.25, -0.2) is 19.3 Å². The first-order valence-corrected chi connectivity index (χ1v) is 7.92. The van der Waals surface area contributed by atoms with Crippen LogP contribution in [0.3, 0.4) is 0 Å². The maximum absolute atomic E-state index is 12.6. The number of carbonyl (C=O) groups excluding carboxylic acids is 1. The maximum atomic E-state index is 12.6. The highest BCUT2D eigenvalue weighted by Gasteiger charge is 2.22. The summed E-state index contributed by atoms with van der Waals surface area (Å²) >= 11 is 0. The number of ether oxygens (including phenoxy) is 2. The van der Waals surface area contributed by atoms with Gasteiger partial charge in [-0.1, -0.05) is 13.8 Å². The molecule has 2 heterocycles. The lowest BCUT2D eigenvalue weighted by molar-refractivity contribution is 0.0996. The number of carbonyl (C=O) groups is 1. The van der Waals surface area contributed by atoms with Crippen molar-refractivity contribution in [2.45, 2.75) is 19.8 Å². The molecule has 2 aromatic heterocycles. The molecule has 1 amide bonds. The number of nitrogens with one attached hydrogen (secondary N) is 1. The fourth-order valence-corrected chi connectivity index (χ4v) is 2.63. The van der Waals surface area contributed by atoms with E-state index in [0.29, 0.717) is 23.0 Å². The number of methoxy groups -OCH3 is 2. The molecule has 0 atom stereocenters. The highest BCUT2D eigenvalue weighted by molar-refractivity contribution is 6.01. The summed E-state index contributed by atoms with van der Waals surface area (Å²) in [6, 6.07) is 5.02. The number of fused-ring (bicyclic) bond motifs is 1. The van der Waals surface area contributed by atoms with E-state index in [9.17, 15) is 9.59 Å². The van der Waals surface area contributed by atoms with Crippen molar-refractivity contribution in [2.75, 3.05) is 14.2 Å². The van der Waals surface area contributed by atoms with Crippen molar-refractivity contribution in [3.8, 4) is 17.2 Å². The van der Waals surface area contributed by atoms with Gasteiger partial charge in [0.2, 0.25) is 0 Å². The van der Waals surface area contributed by atoms with Gasteiger partial charge in [-0.2, -0.15) is 0 Å². The van der Waals surface area contributed by atoms with Crippen LogP contribution < -0.4 is 20.9 Å². The van der Waals surface area contributed by atoms with Crippen LogP contribution >= 0.6 is 0 Å². The monoisotopic (exact) mass is 357 g/mol. The highest BCUT2D eigenvalue weighted by Crippen LogP contribution is 2.29. The predicted molar refractivity (Wildman–Crippen MR) is 95.2 cm³/mol.